The minimum Gasteiger partial charge on any atom is -0.356 e. The average molecular weight is 433 g/mol. The molecule has 4 nitrogen and oxygen atoms in total. The summed E-state index contributed by atoms with van der Waals surface area (Å²) in [6, 6.07) is 27.9. The molecule has 2 amide bonds. The number of para-hydroxylation sites is 1. The van der Waals surface area contributed by atoms with Crippen molar-refractivity contribution < 1.29 is 9.59 Å². The van der Waals surface area contributed by atoms with E-state index in [0.717, 1.165) is 6.42 Å². The van der Waals surface area contributed by atoms with Crippen LogP contribution in [0.25, 0.3) is 0 Å². The van der Waals surface area contributed by atoms with Gasteiger partial charge in [-0.3, -0.25) is 9.59 Å². The van der Waals surface area contributed by atoms with Gasteiger partial charge in [-0.25, -0.2) is 0 Å². The number of carbonyl (C=O) groups excluding carboxylic acids is 2. The van der Waals surface area contributed by atoms with Crippen LogP contribution in [0, 0.1) is 5.92 Å². The van der Waals surface area contributed by atoms with Crippen molar-refractivity contribution in [2.24, 2.45) is 5.92 Å². The zero-order valence-corrected chi connectivity index (χ0v) is 18.0. The zero-order chi connectivity index (χ0) is 21.6. The fraction of sp³-hybridized carbons (Fsp3) is 0.231. The van der Waals surface area contributed by atoms with Gasteiger partial charge in [0.25, 0.3) is 0 Å². The summed E-state index contributed by atoms with van der Waals surface area (Å²) in [4.78, 5) is 26.9. The number of hydrogen-bond donors (Lipinski definition) is 1. The van der Waals surface area contributed by atoms with Gasteiger partial charge >= 0.3 is 0 Å². The van der Waals surface area contributed by atoms with Crippen molar-refractivity contribution in [2.75, 3.05) is 18.0 Å². The Kier molecular flexibility index (Phi) is 6.68. The second-order valence-electron chi connectivity index (χ2n) is 7.81. The Balaban J connectivity index is 1.38. The summed E-state index contributed by atoms with van der Waals surface area (Å²) in [7, 11) is 0. The van der Waals surface area contributed by atoms with Crippen molar-refractivity contribution in [2.45, 2.75) is 18.8 Å². The van der Waals surface area contributed by atoms with Crippen LogP contribution in [0.5, 0.6) is 0 Å². The summed E-state index contributed by atoms with van der Waals surface area (Å²) in [6.07, 6.45) is 0.993. The van der Waals surface area contributed by atoms with Crippen LogP contribution in [0.1, 0.15) is 29.9 Å². The van der Waals surface area contributed by atoms with Gasteiger partial charge in [-0.05, 0) is 29.7 Å². The van der Waals surface area contributed by atoms with Crippen LogP contribution in [0.4, 0.5) is 5.69 Å². The van der Waals surface area contributed by atoms with Crippen LogP contribution in [0.15, 0.2) is 84.9 Å². The molecule has 31 heavy (non-hydrogen) atoms. The monoisotopic (exact) mass is 432 g/mol. The molecule has 5 heteroatoms. The molecule has 1 N–H and O–H groups in total. The zero-order valence-electron chi connectivity index (χ0n) is 17.2. The van der Waals surface area contributed by atoms with Gasteiger partial charge < -0.3 is 10.2 Å². The van der Waals surface area contributed by atoms with Crippen LogP contribution in [-0.2, 0) is 9.59 Å². The average Bonchev–Trinajstić information content (AvgIpc) is 3.19. The van der Waals surface area contributed by atoms with E-state index in [1.54, 1.807) is 11.0 Å². The third-order valence-corrected chi connectivity index (χ3v) is 6.09. The molecule has 158 valence electrons. The largest absolute Gasteiger partial charge is 0.356 e. The molecule has 1 fully saturated rings. The van der Waals surface area contributed by atoms with E-state index in [1.807, 2.05) is 54.6 Å². The maximum atomic E-state index is 12.8. The minimum atomic E-state index is -0.365. The Bertz CT molecular complexity index is 1000. The van der Waals surface area contributed by atoms with Crippen molar-refractivity contribution in [3.8, 4) is 0 Å². The summed E-state index contributed by atoms with van der Waals surface area (Å²) in [6.45, 7) is 0.902. The Hall–Kier alpha value is -3.11. The summed E-state index contributed by atoms with van der Waals surface area (Å²) in [5, 5.41) is 3.57. The van der Waals surface area contributed by atoms with Gasteiger partial charge in [0, 0.05) is 25.4 Å². The molecule has 0 saturated carbocycles. The quantitative estimate of drug-likeness (QED) is 0.569. The summed E-state index contributed by atoms with van der Waals surface area (Å²) >= 11 is 6.24. The second kappa shape index (κ2) is 9.80. The number of anilines is 1. The van der Waals surface area contributed by atoms with Crippen LogP contribution in [0.2, 0.25) is 5.02 Å². The van der Waals surface area contributed by atoms with E-state index in [9.17, 15) is 9.59 Å². The third-order valence-electron chi connectivity index (χ3n) is 5.78. The lowest BCUT2D eigenvalue weighted by Gasteiger charge is -2.20. The van der Waals surface area contributed by atoms with E-state index >= 15 is 0 Å². The lowest BCUT2D eigenvalue weighted by molar-refractivity contribution is -0.126. The Morgan fingerprint density at radius 3 is 2.13 bits per heavy atom. The van der Waals surface area contributed by atoms with Gasteiger partial charge in [0.2, 0.25) is 11.8 Å². The highest BCUT2D eigenvalue weighted by molar-refractivity contribution is 6.33. The fourth-order valence-electron chi connectivity index (χ4n) is 4.17. The van der Waals surface area contributed by atoms with E-state index < -0.39 is 0 Å². The van der Waals surface area contributed by atoms with E-state index in [0.29, 0.717) is 23.8 Å². The molecule has 1 aliphatic heterocycles. The number of benzene rings is 3. The van der Waals surface area contributed by atoms with Crippen LogP contribution < -0.4 is 10.2 Å². The summed E-state index contributed by atoms with van der Waals surface area (Å²) in [5.41, 5.74) is 3.12. The normalized spacial score (nSPS) is 16.0. The Labute approximate surface area is 187 Å². The highest BCUT2D eigenvalue weighted by Crippen LogP contribution is 2.31. The second-order valence-corrected chi connectivity index (χ2v) is 8.22. The first kappa shape index (κ1) is 21.1. The Morgan fingerprint density at radius 1 is 0.935 bits per heavy atom. The molecule has 3 aromatic rings. The number of rotatable bonds is 7. The molecule has 4 rings (SSSR count). The number of nitrogens with one attached hydrogen (secondary N) is 1. The molecular weight excluding hydrogens is 408 g/mol. The predicted octanol–water partition coefficient (Wildman–Crippen LogP) is 5.03. The van der Waals surface area contributed by atoms with Crippen molar-refractivity contribution >= 4 is 29.1 Å². The molecule has 1 saturated heterocycles. The molecule has 0 aromatic heterocycles. The van der Waals surface area contributed by atoms with Gasteiger partial charge in [0.1, 0.15) is 0 Å². The van der Waals surface area contributed by atoms with Gasteiger partial charge in [0.05, 0.1) is 16.6 Å². The molecule has 1 aliphatic rings. The van der Waals surface area contributed by atoms with Crippen LogP contribution >= 0.6 is 11.6 Å². The summed E-state index contributed by atoms with van der Waals surface area (Å²) in [5.74, 6) is -0.314. The highest BCUT2D eigenvalue weighted by atomic mass is 35.5. The first-order valence-corrected chi connectivity index (χ1v) is 10.9. The number of nitrogens with zero attached hydrogens (tertiary/aromatic N) is 1. The number of amides is 2. The molecule has 1 atom stereocenters. The number of hydrogen-bond acceptors (Lipinski definition) is 2. The summed E-state index contributed by atoms with van der Waals surface area (Å²) < 4.78 is 0. The van der Waals surface area contributed by atoms with Crippen LogP contribution in [-0.4, -0.2) is 24.9 Å². The highest BCUT2D eigenvalue weighted by Gasteiger charge is 2.35. The molecule has 1 heterocycles. The molecule has 0 radical (unpaired) electrons. The van der Waals surface area contributed by atoms with Crippen molar-refractivity contribution in [3.05, 3.63) is 101 Å². The maximum absolute atomic E-state index is 12.8. The van der Waals surface area contributed by atoms with Crippen molar-refractivity contribution in [1.82, 2.24) is 5.32 Å². The van der Waals surface area contributed by atoms with Crippen molar-refractivity contribution in [1.29, 1.82) is 0 Å². The lowest BCUT2D eigenvalue weighted by atomic mass is 9.88. The predicted molar refractivity (Wildman–Crippen MR) is 124 cm³/mol. The molecule has 0 bridgehead atoms. The first-order chi connectivity index (χ1) is 15.1. The topological polar surface area (TPSA) is 49.4 Å². The number of halogens is 1. The van der Waals surface area contributed by atoms with E-state index in [1.165, 1.54) is 11.1 Å². The van der Waals surface area contributed by atoms with Gasteiger partial charge in [0.15, 0.2) is 0 Å². The van der Waals surface area contributed by atoms with Gasteiger partial charge in [-0.15, -0.1) is 0 Å². The molecule has 0 spiro atoms. The SMILES string of the molecule is O=C(NCCC(c1ccccc1)c1ccccc1)[C@H]1CC(=O)N(c2ccccc2Cl)C1. The molecular formula is C26H25ClN2O2. The van der Waals surface area contributed by atoms with Gasteiger partial charge in [-0.2, -0.15) is 0 Å². The van der Waals surface area contributed by atoms with E-state index in [4.69, 9.17) is 11.6 Å². The minimum absolute atomic E-state index is 0.0697. The fourth-order valence-corrected chi connectivity index (χ4v) is 4.40. The third kappa shape index (κ3) is 4.97. The maximum Gasteiger partial charge on any atom is 0.227 e. The first-order valence-electron chi connectivity index (χ1n) is 10.6. The van der Waals surface area contributed by atoms with Gasteiger partial charge in [-0.1, -0.05) is 84.4 Å². The number of carbonyl (C=O) groups is 2. The Morgan fingerprint density at radius 2 is 1.52 bits per heavy atom. The van der Waals surface area contributed by atoms with E-state index in [2.05, 4.69) is 29.6 Å². The lowest BCUT2D eigenvalue weighted by Crippen LogP contribution is -2.34. The molecule has 0 unspecified atom stereocenters. The van der Waals surface area contributed by atoms with Crippen LogP contribution in [0.3, 0.4) is 0 Å². The molecule has 0 aliphatic carbocycles. The molecule has 3 aromatic carbocycles. The van der Waals surface area contributed by atoms with Crippen molar-refractivity contribution in [3.63, 3.8) is 0 Å². The smallest absolute Gasteiger partial charge is 0.227 e. The van der Waals surface area contributed by atoms with E-state index in [-0.39, 0.29) is 30.1 Å². The standard InChI is InChI=1S/C26H25ClN2O2/c27-23-13-7-8-14-24(23)29-18-21(17-25(29)30)26(31)28-16-15-22(19-9-3-1-4-10-19)20-11-5-2-6-12-20/h1-14,21-22H,15-18H2,(H,28,31)/t21-/m0/s1.